The van der Waals surface area contributed by atoms with Crippen LogP contribution < -0.4 is 16.1 Å². The van der Waals surface area contributed by atoms with Gasteiger partial charge in [-0.25, -0.2) is 8.78 Å². The monoisotopic (exact) mass is 387 g/mol. The van der Waals surface area contributed by atoms with Crippen LogP contribution in [0.2, 0.25) is 0 Å². The summed E-state index contributed by atoms with van der Waals surface area (Å²) in [5.41, 5.74) is 8.70. The predicted molar refractivity (Wildman–Crippen MR) is 107 cm³/mol. The van der Waals surface area contributed by atoms with E-state index >= 15 is 4.39 Å². The Kier molecular flexibility index (Phi) is 4.06. The van der Waals surface area contributed by atoms with E-state index in [-0.39, 0.29) is 23.3 Å². The quantitative estimate of drug-likeness (QED) is 0.872. The first-order valence-corrected chi connectivity index (χ1v) is 10.4. The van der Waals surface area contributed by atoms with Gasteiger partial charge in [0.05, 0.1) is 17.2 Å². The van der Waals surface area contributed by atoms with Gasteiger partial charge in [0.2, 0.25) is 0 Å². The summed E-state index contributed by atoms with van der Waals surface area (Å²) in [4.78, 5) is 14.7. The molecule has 2 saturated carbocycles. The van der Waals surface area contributed by atoms with Crippen LogP contribution >= 0.6 is 0 Å². The van der Waals surface area contributed by atoms with Crippen molar-refractivity contribution in [1.29, 1.82) is 0 Å². The van der Waals surface area contributed by atoms with E-state index in [1.807, 2.05) is 11.5 Å². The number of anilines is 1. The molecule has 0 bridgehead atoms. The van der Waals surface area contributed by atoms with Gasteiger partial charge in [-0.1, -0.05) is 0 Å². The van der Waals surface area contributed by atoms with Gasteiger partial charge in [0.1, 0.15) is 12.0 Å². The van der Waals surface area contributed by atoms with Crippen LogP contribution in [-0.2, 0) is 0 Å². The maximum Gasteiger partial charge on any atom is 0.192 e. The summed E-state index contributed by atoms with van der Waals surface area (Å²) >= 11 is 0. The number of aromatic nitrogens is 1. The molecule has 6 heteroatoms. The van der Waals surface area contributed by atoms with Crippen LogP contribution in [0.1, 0.15) is 42.9 Å². The van der Waals surface area contributed by atoms with Crippen molar-refractivity contribution in [2.75, 3.05) is 18.0 Å². The summed E-state index contributed by atoms with van der Waals surface area (Å²) in [5, 5.41) is 0.350. The maximum atomic E-state index is 15.2. The van der Waals surface area contributed by atoms with Crippen LogP contribution in [-0.4, -0.2) is 29.9 Å². The summed E-state index contributed by atoms with van der Waals surface area (Å²) in [6.07, 6.45) is 4.66. The maximum absolute atomic E-state index is 15.2. The van der Waals surface area contributed by atoms with Gasteiger partial charge >= 0.3 is 0 Å². The van der Waals surface area contributed by atoms with Gasteiger partial charge < -0.3 is 15.2 Å². The van der Waals surface area contributed by atoms with Gasteiger partial charge in [-0.3, -0.25) is 4.79 Å². The molecule has 4 nitrogen and oxygen atoms in total. The topological polar surface area (TPSA) is 51.3 Å². The van der Waals surface area contributed by atoms with Crippen molar-refractivity contribution in [3.63, 3.8) is 0 Å². The van der Waals surface area contributed by atoms with E-state index in [1.165, 1.54) is 18.9 Å². The highest BCUT2D eigenvalue weighted by Crippen LogP contribution is 2.43. The van der Waals surface area contributed by atoms with Gasteiger partial charge in [-0.2, -0.15) is 0 Å². The third-order valence-electron chi connectivity index (χ3n) is 6.95. The third kappa shape index (κ3) is 2.76. The predicted octanol–water partition coefficient (Wildman–Crippen LogP) is 3.60. The highest BCUT2D eigenvalue weighted by Gasteiger charge is 2.41. The molecule has 4 atom stereocenters. The van der Waals surface area contributed by atoms with Gasteiger partial charge in [0.15, 0.2) is 5.43 Å². The number of hydrogen-bond donors (Lipinski definition) is 1. The number of halogens is 2. The molecule has 1 aromatic heterocycles. The summed E-state index contributed by atoms with van der Waals surface area (Å²) in [6.45, 7) is 5.07. The van der Waals surface area contributed by atoms with E-state index in [9.17, 15) is 9.18 Å². The molecule has 2 N–H and O–H groups in total. The van der Waals surface area contributed by atoms with Crippen molar-refractivity contribution in [3.05, 3.63) is 39.4 Å². The fourth-order valence-corrected chi connectivity index (χ4v) is 5.07. The number of aryl methyl sites for hydroxylation is 2. The fraction of sp³-hybridized carbons (Fsp3) is 0.591. The fourth-order valence-electron chi connectivity index (χ4n) is 5.07. The Morgan fingerprint density at radius 1 is 1.21 bits per heavy atom. The van der Waals surface area contributed by atoms with Gasteiger partial charge in [-0.05, 0) is 56.6 Å². The molecule has 28 heavy (non-hydrogen) atoms. The Hall–Kier alpha value is -1.95. The molecular weight excluding hydrogens is 360 g/mol. The highest BCUT2D eigenvalue weighted by atomic mass is 19.1. The summed E-state index contributed by atoms with van der Waals surface area (Å²) in [5.74, 6) is 0.630. The summed E-state index contributed by atoms with van der Waals surface area (Å²) in [7, 11) is 0. The molecule has 1 saturated heterocycles. The molecule has 3 fully saturated rings. The zero-order chi connectivity index (χ0) is 19.7. The molecule has 0 amide bonds. The molecule has 1 aliphatic heterocycles. The van der Waals surface area contributed by atoms with E-state index in [0.29, 0.717) is 40.4 Å². The SMILES string of the molecule is Cc1cn([C@@H]2C[C@@H]2F)c2c(C)c(N3CC[C@@H]([C@@H](N)C4CC4)C3)c(F)cc2c1=O. The van der Waals surface area contributed by atoms with Crippen LogP contribution in [0.5, 0.6) is 0 Å². The van der Waals surface area contributed by atoms with E-state index in [0.717, 1.165) is 25.1 Å². The second-order valence-electron chi connectivity index (χ2n) is 9.01. The third-order valence-corrected chi connectivity index (χ3v) is 6.95. The Balaban J connectivity index is 1.60. The second kappa shape index (κ2) is 6.28. The van der Waals surface area contributed by atoms with Crippen LogP contribution in [0.4, 0.5) is 14.5 Å². The largest absolute Gasteiger partial charge is 0.369 e. The van der Waals surface area contributed by atoms with Crippen molar-refractivity contribution < 1.29 is 8.78 Å². The van der Waals surface area contributed by atoms with Crippen molar-refractivity contribution in [2.45, 2.75) is 57.8 Å². The number of nitrogens with two attached hydrogens (primary N) is 1. The van der Waals surface area contributed by atoms with Crippen LogP contribution in [0, 0.1) is 31.5 Å². The molecule has 2 heterocycles. The normalized spacial score (nSPS) is 28.2. The lowest BCUT2D eigenvalue weighted by molar-refractivity contribution is 0.417. The molecule has 0 unspecified atom stereocenters. The summed E-state index contributed by atoms with van der Waals surface area (Å²) < 4.78 is 30.9. The van der Waals surface area contributed by atoms with Gasteiger partial charge in [-0.15, -0.1) is 0 Å². The molecular formula is C22H27F2N3O. The minimum absolute atomic E-state index is 0.175. The number of rotatable bonds is 4. The number of hydrogen-bond acceptors (Lipinski definition) is 3. The number of fused-ring (bicyclic) bond motifs is 1. The number of benzene rings is 1. The lowest BCUT2D eigenvalue weighted by atomic mass is 9.96. The molecule has 0 radical (unpaired) electrons. The average Bonchev–Trinajstić information content (AvgIpc) is 3.57. The van der Waals surface area contributed by atoms with E-state index < -0.39 is 6.17 Å². The standard InChI is InChI=1S/C22H27F2N3O/c1-11-9-27(18-8-16(18)23)20-12(2)21(17(24)7-15(20)22(11)28)26-6-5-14(10-26)19(25)13-3-4-13/h7,9,13-14,16,18-19H,3-6,8,10,25H2,1-2H3/t14-,16+,18-,19+/m1/s1. The highest BCUT2D eigenvalue weighted by molar-refractivity contribution is 5.88. The Morgan fingerprint density at radius 3 is 2.57 bits per heavy atom. The number of alkyl halides is 1. The zero-order valence-corrected chi connectivity index (χ0v) is 16.4. The molecule has 3 aliphatic rings. The average molecular weight is 387 g/mol. The first-order valence-electron chi connectivity index (χ1n) is 10.4. The minimum atomic E-state index is -0.897. The number of pyridine rings is 1. The number of nitrogens with zero attached hydrogens (tertiary/aromatic N) is 2. The molecule has 1 aromatic carbocycles. The first-order chi connectivity index (χ1) is 13.4. The molecule has 150 valence electrons. The molecule has 5 rings (SSSR count). The van der Waals surface area contributed by atoms with Crippen molar-refractivity contribution in [2.24, 2.45) is 17.6 Å². The first kappa shape index (κ1) is 18.1. The molecule has 2 aliphatic carbocycles. The second-order valence-corrected chi connectivity index (χ2v) is 9.01. The van der Waals surface area contributed by atoms with E-state index in [1.54, 1.807) is 13.1 Å². The van der Waals surface area contributed by atoms with Crippen molar-refractivity contribution in [1.82, 2.24) is 4.57 Å². The smallest absolute Gasteiger partial charge is 0.192 e. The van der Waals surface area contributed by atoms with E-state index in [2.05, 4.69) is 4.90 Å². The Bertz CT molecular complexity index is 1010. The lowest BCUT2D eigenvalue weighted by Crippen LogP contribution is -2.34. The molecule has 2 aromatic rings. The Morgan fingerprint density at radius 2 is 1.93 bits per heavy atom. The van der Waals surface area contributed by atoms with Crippen LogP contribution in [0.25, 0.3) is 10.9 Å². The molecule has 0 spiro atoms. The van der Waals surface area contributed by atoms with Gasteiger partial charge in [0, 0.05) is 42.7 Å². The zero-order valence-electron chi connectivity index (χ0n) is 16.4. The van der Waals surface area contributed by atoms with Crippen molar-refractivity contribution >= 4 is 16.6 Å². The van der Waals surface area contributed by atoms with E-state index in [4.69, 9.17) is 5.73 Å². The summed E-state index contributed by atoms with van der Waals surface area (Å²) in [6, 6.07) is 1.29. The van der Waals surface area contributed by atoms with Gasteiger partial charge in [0.25, 0.3) is 0 Å². The van der Waals surface area contributed by atoms with Crippen molar-refractivity contribution in [3.8, 4) is 0 Å². The Labute approximate surface area is 163 Å². The van der Waals surface area contributed by atoms with Crippen LogP contribution in [0.15, 0.2) is 17.1 Å². The minimum Gasteiger partial charge on any atom is -0.369 e. The lowest BCUT2D eigenvalue weighted by Gasteiger charge is -2.25. The van der Waals surface area contributed by atoms with Crippen LogP contribution in [0.3, 0.4) is 0 Å².